The number of carbonyl (C=O) groups excluding carboxylic acids is 1. The van der Waals surface area contributed by atoms with Crippen LogP contribution in [-0.4, -0.2) is 47.7 Å². The summed E-state index contributed by atoms with van der Waals surface area (Å²) in [5, 5.41) is 9.53. The van der Waals surface area contributed by atoms with E-state index in [0.29, 0.717) is 11.6 Å². The fraction of sp³-hybridized carbons (Fsp3) is 0.429. The van der Waals surface area contributed by atoms with E-state index >= 15 is 0 Å². The van der Waals surface area contributed by atoms with Crippen LogP contribution in [0.4, 0.5) is 0 Å². The SMILES string of the molecule is CC(C(=O)N1CCOC(C(=O)O)C1)c1cccc(Cl)c1. The quantitative estimate of drug-likeness (QED) is 0.923. The van der Waals surface area contributed by atoms with Crippen LogP contribution in [0.25, 0.3) is 0 Å². The van der Waals surface area contributed by atoms with Crippen LogP contribution in [0, 0.1) is 0 Å². The van der Waals surface area contributed by atoms with Gasteiger partial charge in [0.1, 0.15) is 0 Å². The first-order chi connectivity index (χ1) is 9.49. The molecule has 1 amide bonds. The molecule has 0 aliphatic carbocycles. The van der Waals surface area contributed by atoms with Crippen LogP contribution >= 0.6 is 11.6 Å². The molecule has 1 aliphatic heterocycles. The number of rotatable bonds is 3. The van der Waals surface area contributed by atoms with Crippen molar-refractivity contribution in [3.05, 3.63) is 34.9 Å². The summed E-state index contributed by atoms with van der Waals surface area (Å²) in [6, 6.07) is 7.13. The smallest absolute Gasteiger partial charge is 0.334 e. The number of nitrogens with zero attached hydrogens (tertiary/aromatic N) is 1. The Morgan fingerprint density at radius 2 is 2.25 bits per heavy atom. The number of ether oxygens (including phenoxy) is 1. The Hall–Kier alpha value is -1.59. The number of carboxylic acids is 1. The highest BCUT2D eigenvalue weighted by molar-refractivity contribution is 6.30. The Morgan fingerprint density at radius 1 is 1.50 bits per heavy atom. The molecule has 1 saturated heterocycles. The van der Waals surface area contributed by atoms with E-state index in [2.05, 4.69) is 0 Å². The number of benzene rings is 1. The van der Waals surface area contributed by atoms with Gasteiger partial charge < -0.3 is 14.7 Å². The number of aliphatic carboxylic acids is 1. The van der Waals surface area contributed by atoms with E-state index in [0.717, 1.165) is 5.56 Å². The Labute approximate surface area is 122 Å². The third-order valence-corrected chi connectivity index (χ3v) is 3.61. The molecule has 1 aromatic rings. The highest BCUT2D eigenvalue weighted by Crippen LogP contribution is 2.22. The van der Waals surface area contributed by atoms with Crippen molar-refractivity contribution in [2.24, 2.45) is 0 Å². The van der Waals surface area contributed by atoms with Gasteiger partial charge >= 0.3 is 5.97 Å². The molecule has 2 rings (SSSR count). The summed E-state index contributed by atoms with van der Waals surface area (Å²) >= 11 is 5.92. The van der Waals surface area contributed by atoms with Crippen molar-refractivity contribution in [3.8, 4) is 0 Å². The van der Waals surface area contributed by atoms with Gasteiger partial charge in [0.25, 0.3) is 0 Å². The molecule has 0 bridgehead atoms. The summed E-state index contributed by atoms with van der Waals surface area (Å²) in [6.07, 6.45) is -0.945. The minimum atomic E-state index is -1.04. The average molecular weight is 298 g/mol. The van der Waals surface area contributed by atoms with E-state index in [4.69, 9.17) is 21.4 Å². The van der Waals surface area contributed by atoms with Gasteiger partial charge in [-0.25, -0.2) is 4.79 Å². The number of morpholine rings is 1. The van der Waals surface area contributed by atoms with E-state index in [1.807, 2.05) is 6.07 Å². The lowest BCUT2D eigenvalue weighted by Gasteiger charge is -2.32. The van der Waals surface area contributed by atoms with Crippen molar-refractivity contribution in [2.45, 2.75) is 18.9 Å². The summed E-state index contributed by atoms with van der Waals surface area (Å²) in [7, 11) is 0. The molecule has 0 aromatic heterocycles. The maximum absolute atomic E-state index is 12.4. The van der Waals surface area contributed by atoms with Crippen LogP contribution in [0.15, 0.2) is 24.3 Å². The van der Waals surface area contributed by atoms with Crippen molar-refractivity contribution in [1.29, 1.82) is 0 Å². The molecule has 1 aliphatic rings. The summed E-state index contributed by atoms with van der Waals surface area (Å²) in [4.78, 5) is 24.9. The topological polar surface area (TPSA) is 66.8 Å². The third-order valence-electron chi connectivity index (χ3n) is 3.37. The molecule has 2 unspecified atom stereocenters. The van der Waals surface area contributed by atoms with Gasteiger partial charge in [0.05, 0.1) is 19.1 Å². The Kier molecular flexibility index (Phi) is 4.62. The van der Waals surface area contributed by atoms with Crippen LogP contribution in [-0.2, 0) is 14.3 Å². The Balaban J connectivity index is 2.08. The molecule has 0 spiro atoms. The molecule has 2 atom stereocenters. The fourth-order valence-corrected chi connectivity index (χ4v) is 2.39. The van der Waals surface area contributed by atoms with E-state index < -0.39 is 12.1 Å². The van der Waals surface area contributed by atoms with Crippen molar-refractivity contribution in [2.75, 3.05) is 19.7 Å². The lowest BCUT2D eigenvalue weighted by atomic mass is 9.99. The van der Waals surface area contributed by atoms with Gasteiger partial charge in [-0.1, -0.05) is 23.7 Å². The summed E-state index contributed by atoms with van der Waals surface area (Å²) in [5.41, 5.74) is 0.820. The molecular weight excluding hydrogens is 282 g/mol. The molecule has 5 nitrogen and oxygen atoms in total. The van der Waals surface area contributed by atoms with Gasteiger partial charge in [-0.3, -0.25) is 4.79 Å². The highest BCUT2D eigenvalue weighted by atomic mass is 35.5. The molecule has 1 N–H and O–H groups in total. The Bertz CT molecular complexity index is 520. The van der Waals surface area contributed by atoms with E-state index in [9.17, 15) is 9.59 Å². The van der Waals surface area contributed by atoms with Crippen LogP contribution in [0.3, 0.4) is 0 Å². The third kappa shape index (κ3) is 3.29. The molecule has 6 heteroatoms. The van der Waals surface area contributed by atoms with Gasteiger partial charge in [-0.2, -0.15) is 0 Å². The zero-order valence-electron chi connectivity index (χ0n) is 11.1. The van der Waals surface area contributed by atoms with Crippen molar-refractivity contribution < 1.29 is 19.4 Å². The summed E-state index contributed by atoms with van der Waals surface area (Å²) in [5.74, 6) is -1.51. The van der Waals surface area contributed by atoms with Crippen molar-refractivity contribution in [3.63, 3.8) is 0 Å². The van der Waals surface area contributed by atoms with E-state index in [-0.39, 0.29) is 25.0 Å². The molecule has 108 valence electrons. The van der Waals surface area contributed by atoms with Crippen LogP contribution in [0.1, 0.15) is 18.4 Å². The van der Waals surface area contributed by atoms with Crippen molar-refractivity contribution >= 4 is 23.5 Å². The molecule has 1 aromatic carbocycles. The lowest BCUT2D eigenvalue weighted by molar-refractivity contribution is -0.159. The second kappa shape index (κ2) is 6.24. The fourth-order valence-electron chi connectivity index (χ4n) is 2.19. The Morgan fingerprint density at radius 3 is 2.90 bits per heavy atom. The lowest BCUT2D eigenvalue weighted by Crippen LogP contribution is -2.49. The molecule has 0 radical (unpaired) electrons. The minimum Gasteiger partial charge on any atom is -0.479 e. The monoisotopic (exact) mass is 297 g/mol. The standard InChI is InChI=1S/C14H16ClNO4/c1-9(10-3-2-4-11(15)7-10)13(17)16-5-6-20-12(8-16)14(18)19/h2-4,7,9,12H,5-6,8H2,1H3,(H,18,19). The molecular formula is C14H16ClNO4. The predicted molar refractivity (Wildman–Crippen MR) is 73.8 cm³/mol. The van der Waals surface area contributed by atoms with Gasteiger partial charge in [0, 0.05) is 11.6 Å². The minimum absolute atomic E-state index is 0.0824. The number of carboxylic acid groups (broad SMARTS) is 1. The maximum Gasteiger partial charge on any atom is 0.334 e. The van der Waals surface area contributed by atoms with E-state index in [1.54, 1.807) is 25.1 Å². The molecule has 0 saturated carbocycles. The highest BCUT2D eigenvalue weighted by Gasteiger charge is 2.31. The van der Waals surface area contributed by atoms with Crippen LogP contribution < -0.4 is 0 Å². The van der Waals surface area contributed by atoms with E-state index in [1.165, 1.54) is 4.90 Å². The first-order valence-corrected chi connectivity index (χ1v) is 6.75. The number of amides is 1. The predicted octanol–water partition coefficient (Wildman–Crippen LogP) is 1.76. The van der Waals surface area contributed by atoms with Gasteiger partial charge in [-0.15, -0.1) is 0 Å². The molecule has 20 heavy (non-hydrogen) atoms. The zero-order valence-corrected chi connectivity index (χ0v) is 11.8. The van der Waals surface area contributed by atoms with Crippen LogP contribution in [0.5, 0.6) is 0 Å². The first-order valence-electron chi connectivity index (χ1n) is 6.37. The number of hydrogen-bond donors (Lipinski definition) is 1. The van der Waals surface area contributed by atoms with Gasteiger partial charge in [-0.05, 0) is 24.6 Å². The first kappa shape index (κ1) is 14.8. The average Bonchev–Trinajstić information content (AvgIpc) is 2.45. The zero-order chi connectivity index (χ0) is 14.7. The van der Waals surface area contributed by atoms with Gasteiger partial charge in [0.2, 0.25) is 5.91 Å². The number of carbonyl (C=O) groups is 2. The largest absolute Gasteiger partial charge is 0.479 e. The summed E-state index contributed by atoms with van der Waals surface area (Å²) in [6.45, 7) is 2.52. The second-order valence-corrected chi connectivity index (χ2v) is 5.20. The maximum atomic E-state index is 12.4. The number of hydrogen-bond acceptors (Lipinski definition) is 3. The molecule has 1 fully saturated rings. The van der Waals surface area contributed by atoms with Crippen LogP contribution in [0.2, 0.25) is 5.02 Å². The normalized spacial score (nSPS) is 20.5. The van der Waals surface area contributed by atoms with Crippen molar-refractivity contribution in [1.82, 2.24) is 4.90 Å². The summed E-state index contributed by atoms with van der Waals surface area (Å²) < 4.78 is 5.11. The number of halogens is 1. The van der Waals surface area contributed by atoms with Gasteiger partial charge in [0.15, 0.2) is 6.10 Å². The second-order valence-electron chi connectivity index (χ2n) is 4.76. The molecule has 1 heterocycles.